The molecular weight excluding hydrogens is 468 g/mol. The quantitative estimate of drug-likeness (QED) is 0.525. The van der Waals surface area contributed by atoms with Crippen LogP contribution >= 0.6 is 0 Å². The predicted octanol–water partition coefficient (Wildman–Crippen LogP) is 2.35. The minimum Gasteiger partial charge on any atom is -0.343 e. The Balaban J connectivity index is 1.47. The average Bonchev–Trinajstić information content (AvgIpc) is 2.86. The standard InChI is InChI=1S/C25H32N4O5S/c1-25(2,3)20-11-7-18(8-12-20)23(31)26-17-22(30)27-28-24(32)19-9-13-21(14-10-19)35(33,34)29-15-5-4-6-16-29/h7-14H,4-6,15-17H2,1-3H3,(H,26,31)(H,27,30)(H,28,32). The Hall–Kier alpha value is -3.24. The fourth-order valence-electron chi connectivity index (χ4n) is 3.66. The molecule has 0 atom stereocenters. The van der Waals surface area contributed by atoms with Crippen molar-refractivity contribution in [3.63, 3.8) is 0 Å². The molecule has 0 radical (unpaired) electrons. The number of nitrogens with one attached hydrogen (secondary N) is 3. The van der Waals surface area contributed by atoms with Gasteiger partial charge in [-0.15, -0.1) is 0 Å². The molecule has 3 rings (SSSR count). The maximum atomic E-state index is 12.7. The number of hydrogen-bond donors (Lipinski definition) is 3. The van der Waals surface area contributed by atoms with Crippen LogP contribution < -0.4 is 16.2 Å². The van der Waals surface area contributed by atoms with Gasteiger partial charge in [-0.05, 0) is 60.2 Å². The second-order valence-electron chi connectivity index (χ2n) is 9.50. The first-order chi connectivity index (χ1) is 16.5. The van der Waals surface area contributed by atoms with Gasteiger partial charge in [0.2, 0.25) is 10.0 Å². The van der Waals surface area contributed by atoms with Gasteiger partial charge in [0.05, 0.1) is 11.4 Å². The summed E-state index contributed by atoms with van der Waals surface area (Å²) in [6.07, 6.45) is 2.69. The molecule has 9 nitrogen and oxygen atoms in total. The first-order valence-electron chi connectivity index (χ1n) is 11.6. The summed E-state index contributed by atoms with van der Waals surface area (Å²) in [7, 11) is -3.59. The molecule has 0 bridgehead atoms. The summed E-state index contributed by atoms with van der Waals surface area (Å²) in [6, 6.07) is 12.7. The number of sulfonamides is 1. The molecule has 188 valence electrons. The number of hydrogen-bond acceptors (Lipinski definition) is 5. The SMILES string of the molecule is CC(C)(C)c1ccc(C(=O)NCC(=O)NNC(=O)c2ccc(S(=O)(=O)N3CCCCC3)cc2)cc1. The van der Waals surface area contributed by atoms with Crippen LogP contribution in [0.2, 0.25) is 0 Å². The second kappa shape index (κ2) is 11.0. The fourth-order valence-corrected chi connectivity index (χ4v) is 5.18. The molecule has 1 saturated heterocycles. The number of hydrazine groups is 1. The molecule has 3 amide bonds. The number of amides is 3. The largest absolute Gasteiger partial charge is 0.343 e. The lowest BCUT2D eigenvalue weighted by Gasteiger charge is -2.25. The molecule has 2 aromatic carbocycles. The van der Waals surface area contributed by atoms with Gasteiger partial charge in [0.1, 0.15) is 0 Å². The van der Waals surface area contributed by atoms with Gasteiger partial charge in [-0.2, -0.15) is 4.31 Å². The van der Waals surface area contributed by atoms with Crippen molar-refractivity contribution in [2.75, 3.05) is 19.6 Å². The maximum Gasteiger partial charge on any atom is 0.269 e. The van der Waals surface area contributed by atoms with E-state index >= 15 is 0 Å². The van der Waals surface area contributed by atoms with Crippen LogP contribution in [-0.4, -0.2) is 50.1 Å². The Labute approximate surface area is 206 Å². The minimum atomic E-state index is -3.59. The Morgan fingerprint density at radius 3 is 1.91 bits per heavy atom. The zero-order valence-electron chi connectivity index (χ0n) is 20.3. The van der Waals surface area contributed by atoms with Crippen molar-refractivity contribution >= 4 is 27.7 Å². The number of rotatable bonds is 6. The van der Waals surface area contributed by atoms with E-state index in [0.29, 0.717) is 18.7 Å². The number of nitrogens with zero attached hydrogens (tertiary/aromatic N) is 1. The van der Waals surface area contributed by atoms with Gasteiger partial charge < -0.3 is 5.32 Å². The van der Waals surface area contributed by atoms with Gasteiger partial charge in [-0.3, -0.25) is 25.2 Å². The van der Waals surface area contributed by atoms with Crippen LogP contribution in [0.3, 0.4) is 0 Å². The molecule has 1 aliphatic rings. The molecule has 0 unspecified atom stereocenters. The van der Waals surface area contributed by atoms with Crippen LogP contribution in [0.5, 0.6) is 0 Å². The second-order valence-corrected chi connectivity index (χ2v) is 11.4. The third kappa shape index (κ3) is 6.89. The van der Waals surface area contributed by atoms with Crippen LogP contribution in [0.25, 0.3) is 0 Å². The highest BCUT2D eigenvalue weighted by Gasteiger charge is 2.26. The highest BCUT2D eigenvalue weighted by molar-refractivity contribution is 7.89. The Morgan fingerprint density at radius 1 is 0.800 bits per heavy atom. The summed E-state index contributed by atoms with van der Waals surface area (Å²) >= 11 is 0. The van der Waals surface area contributed by atoms with Crippen LogP contribution in [0.15, 0.2) is 53.4 Å². The van der Waals surface area contributed by atoms with E-state index in [9.17, 15) is 22.8 Å². The molecule has 10 heteroatoms. The van der Waals surface area contributed by atoms with Crippen LogP contribution in [0, 0.1) is 0 Å². The number of piperidine rings is 1. The maximum absolute atomic E-state index is 12.7. The summed E-state index contributed by atoms with van der Waals surface area (Å²) in [4.78, 5) is 36.7. The number of carbonyl (C=O) groups is 3. The Kier molecular flexibility index (Phi) is 8.29. The van der Waals surface area contributed by atoms with Crippen molar-refractivity contribution in [2.24, 2.45) is 0 Å². The minimum absolute atomic E-state index is 0.0327. The highest BCUT2D eigenvalue weighted by Crippen LogP contribution is 2.22. The smallest absolute Gasteiger partial charge is 0.269 e. The van der Waals surface area contributed by atoms with E-state index in [0.717, 1.165) is 24.8 Å². The van der Waals surface area contributed by atoms with Gasteiger partial charge in [0.25, 0.3) is 17.7 Å². The first kappa shape index (κ1) is 26.4. The van der Waals surface area contributed by atoms with Crippen LogP contribution in [0.4, 0.5) is 0 Å². The molecule has 0 saturated carbocycles. The van der Waals surface area contributed by atoms with Crippen molar-refractivity contribution in [3.05, 3.63) is 65.2 Å². The van der Waals surface area contributed by atoms with Crippen LogP contribution in [0.1, 0.15) is 66.3 Å². The summed E-state index contributed by atoms with van der Waals surface area (Å²) in [5.41, 5.74) is 6.16. The third-order valence-electron chi connectivity index (χ3n) is 5.81. The normalized spacial score (nSPS) is 14.7. The van der Waals surface area contributed by atoms with Gasteiger partial charge in [0, 0.05) is 24.2 Å². The van der Waals surface area contributed by atoms with Gasteiger partial charge in [0.15, 0.2) is 0 Å². The van der Waals surface area contributed by atoms with Crippen molar-refractivity contribution in [2.45, 2.75) is 50.3 Å². The predicted molar refractivity (Wildman–Crippen MR) is 132 cm³/mol. The van der Waals surface area contributed by atoms with E-state index in [4.69, 9.17) is 0 Å². The average molecular weight is 501 g/mol. The van der Waals surface area contributed by atoms with Gasteiger partial charge >= 0.3 is 0 Å². The van der Waals surface area contributed by atoms with Gasteiger partial charge in [-0.1, -0.05) is 39.3 Å². The Bertz CT molecular complexity index is 1160. The lowest BCUT2D eigenvalue weighted by molar-refractivity contribution is -0.120. The summed E-state index contributed by atoms with van der Waals surface area (Å²) < 4.78 is 26.9. The molecule has 2 aromatic rings. The van der Waals surface area contributed by atoms with Crippen molar-refractivity contribution in [3.8, 4) is 0 Å². The number of carbonyl (C=O) groups excluding carboxylic acids is 3. The van der Waals surface area contributed by atoms with Crippen molar-refractivity contribution < 1.29 is 22.8 Å². The molecule has 0 spiro atoms. The molecule has 1 fully saturated rings. The molecule has 35 heavy (non-hydrogen) atoms. The van der Waals surface area contributed by atoms with Crippen molar-refractivity contribution in [1.82, 2.24) is 20.5 Å². The fraction of sp³-hybridized carbons (Fsp3) is 0.400. The van der Waals surface area contributed by atoms with Crippen molar-refractivity contribution in [1.29, 1.82) is 0 Å². The van der Waals surface area contributed by atoms with E-state index in [1.54, 1.807) is 12.1 Å². The summed E-state index contributed by atoms with van der Waals surface area (Å²) in [6.45, 7) is 6.89. The zero-order valence-corrected chi connectivity index (χ0v) is 21.1. The topological polar surface area (TPSA) is 125 Å². The van der Waals surface area contributed by atoms with E-state index in [2.05, 4.69) is 36.9 Å². The summed E-state index contributed by atoms with van der Waals surface area (Å²) in [5.74, 6) is -1.62. The first-order valence-corrected chi connectivity index (χ1v) is 13.0. The molecule has 1 aliphatic heterocycles. The molecular formula is C25H32N4O5S. The van der Waals surface area contributed by atoms with E-state index < -0.39 is 27.7 Å². The van der Waals surface area contributed by atoms with Gasteiger partial charge in [-0.25, -0.2) is 8.42 Å². The third-order valence-corrected chi connectivity index (χ3v) is 7.72. The molecule has 1 heterocycles. The zero-order chi connectivity index (χ0) is 25.6. The Morgan fingerprint density at radius 2 is 1.34 bits per heavy atom. The summed E-state index contributed by atoms with van der Waals surface area (Å²) in [5, 5.41) is 2.50. The van der Waals surface area contributed by atoms with E-state index in [-0.39, 0.29) is 22.4 Å². The molecule has 0 aromatic heterocycles. The lowest BCUT2D eigenvalue weighted by Crippen LogP contribution is -2.46. The molecule has 3 N–H and O–H groups in total. The van der Waals surface area contributed by atoms with E-state index in [1.165, 1.54) is 28.6 Å². The van der Waals surface area contributed by atoms with E-state index in [1.807, 2.05) is 12.1 Å². The number of benzene rings is 2. The highest BCUT2D eigenvalue weighted by atomic mass is 32.2. The van der Waals surface area contributed by atoms with Crippen LogP contribution in [-0.2, 0) is 20.2 Å². The monoisotopic (exact) mass is 500 g/mol. The molecule has 0 aliphatic carbocycles. The lowest BCUT2D eigenvalue weighted by atomic mass is 9.87.